The van der Waals surface area contributed by atoms with Gasteiger partial charge in [0.15, 0.2) is 24.2 Å². The number of imidazole rings is 1. The minimum atomic E-state index is -1.95. The van der Waals surface area contributed by atoms with Gasteiger partial charge in [0.25, 0.3) is 0 Å². The van der Waals surface area contributed by atoms with Gasteiger partial charge >= 0.3 is 23.6 Å². The molecule has 1 aliphatic rings. The minimum Gasteiger partial charge on any atom is -0.478 e. The van der Waals surface area contributed by atoms with Crippen molar-refractivity contribution in [3.63, 3.8) is 0 Å². The largest absolute Gasteiger partial charge is 0.478 e. The summed E-state index contributed by atoms with van der Waals surface area (Å²) in [5, 5.41) is 9.53. The summed E-state index contributed by atoms with van der Waals surface area (Å²) in [4.78, 5) is 56.3. The van der Waals surface area contributed by atoms with E-state index < -0.39 is 54.8 Å². The van der Waals surface area contributed by atoms with E-state index in [-0.39, 0.29) is 29.2 Å². The first-order chi connectivity index (χ1) is 17.1. The molecule has 36 heavy (non-hydrogen) atoms. The number of alkyl halides is 1. The van der Waals surface area contributed by atoms with Gasteiger partial charge in [-0.25, -0.2) is 23.5 Å². The third kappa shape index (κ3) is 4.62. The molecule has 13 nitrogen and oxygen atoms in total. The number of fused-ring (bicyclic) bond motifs is 1. The second-order valence-corrected chi connectivity index (χ2v) is 8.02. The van der Waals surface area contributed by atoms with E-state index in [0.717, 1.165) is 18.4 Å². The number of carboxylic acid groups (broad SMARTS) is 1. The monoisotopic (exact) mass is 503 g/mol. The number of nitrogens with zero attached hydrogens (tertiary/aromatic N) is 4. The molecule has 0 aliphatic carbocycles. The Morgan fingerprint density at radius 2 is 1.94 bits per heavy atom. The number of nitrogen functional groups attached to an aromatic ring is 1. The highest BCUT2D eigenvalue weighted by atomic mass is 19.1. The summed E-state index contributed by atoms with van der Waals surface area (Å²) in [5.41, 5.74) is 5.35. The predicted molar refractivity (Wildman–Crippen MR) is 120 cm³/mol. The lowest BCUT2D eigenvalue weighted by atomic mass is 10.1. The van der Waals surface area contributed by atoms with Crippen LogP contribution in [0.5, 0.6) is 0 Å². The molecule has 2 aromatic heterocycles. The highest BCUT2D eigenvalue weighted by molar-refractivity contribution is 5.89. The van der Waals surface area contributed by atoms with Crippen molar-refractivity contribution >= 4 is 35.0 Å². The van der Waals surface area contributed by atoms with Crippen LogP contribution in [-0.2, 0) is 30.3 Å². The van der Waals surface area contributed by atoms with Crippen LogP contribution in [0.1, 0.15) is 36.0 Å². The number of benzene rings is 1. The highest BCUT2D eigenvalue weighted by Crippen LogP contribution is 2.35. The van der Waals surface area contributed by atoms with E-state index in [4.69, 9.17) is 19.9 Å². The first-order valence-electron chi connectivity index (χ1n) is 10.7. The third-order valence-electron chi connectivity index (χ3n) is 5.57. The number of nitrogens with two attached hydrogens (primary N) is 1. The summed E-state index contributed by atoms with van der Waals surface area (Å²) < 4.78 is 33.1. The van der Waals surface area contributed by atoms with Gasteiger partial charge in [0.1, 0.15) is 18.2 Å². The van der Waals surface area contributed by atoms with E-state index in [9.17, 15) is 24.3 Å². The van der Waals surface area contributed by atoms with Crippen LogP contribution in [0.3, 0.4) is 0 Å². The molecule has 1 saturated heterocycles. The number of hydrogen-bond donors (Lipinski definition) is 2. The van der Waals surface area contributed by atoms with Crippen LogP contribution in [0.15, 0.2) is 35.3 Å². The minimum absolute atomic E-state index is 0.0261. The van der Waals surface area contributed by atoms with Gasteiger partial charge in [-0.1, -0.05) is 18.2 Å². The summed E-state index contributed by atoms with van der Waals surface area (Å²) in [5.74, 6) is -2.89. The number of hydrogen-bond acceptors (Lipinski definition) is 10. The molecule has 190 valence electrons. The molecule has 4 atom stereocenters. The van der Waals surface area contributed by atoms with E-state index in [2.05, 4.69) is 9.97 Å². The van der Waals surface area contributed by atoms with Gasteiger partial charge in [-0.2, -0.15) is 4.98 Å². The smallest absolute Gasteiger partial charge is 0.336 e. The Hall–Kier alpha value is -4.33. The Labute approximate surface area is 202 Å². The molecule has 1 fully saturated rings. The average molecular weight is 503 g/mol. The lowest BCUT2D eigenvalue weighted by Crippen LogP contribution is -2.37. The number of carbonyl (C=O) groups excluding carboxylic acids is 2. The number of aromatic carboxylic acids is 1. The van der Waals surface area contributed by atoms with Crippen LogP contribution in [0.2, 0.25) is 0 Å². The quantitative estimate of drug-likeness (QED) is 0.433. The molecule has 1 aliphatic heterocycles. The van der Waals surface area contributed by atoms with E-state index in [0.29, 0.717) is 5.56 Å². The SMILES string of the molecule is CC(=O)OC[C@H]1O[C@@H](n2c(=O)n(Cc3ccccc3C(=O)O)c3cnc(N)nc32)[C@H](OC(C)=O)[C@@H]1F. The second kappa shape index (κ2) is 9.73. The molecule has 0 bridgehead atoms. The molecule has 0 saturated carbocycles. The van der Waals surface area contributed by atoms with Gasteiger partial charge in [-0.05, 0) is 11.6 Å². The topological polar surface area (TPSA) is 178 Å². The van der Waals surface area contributed by atoms with Crippen molar-refractivity contribution in [2.24, 2.45) is 0 Å². The van der Waals surface area contributed by atoms with Crippen molar-refractivity contribution < 1.29 is 38.1 Å². The van der Waals surface area contributed by atoms with E-state index in [1.54, 1.807) is 12.1 Å². The number of esters is 2. The van der Waals surface area contributed by atoms with Crippen molar-refractivity contribution in [2.75, 3.05) is 12.3 Å². The Morgan fingerprint density at radius 1 is 1.22 bits per heavy atom. The Balaban J connectivity index is 1.85. The van der Waals surface area contributed by atoms with Crippen LogP contribution in [0.4, 0.5) is 10.3 Å². The molecule has 1 aromatic carbocycles. The van der Waals surface area contributed by atoms with Crippen LogP contribution in [0.25, 0.3) is 11.2 Å². The fraction of sp³-hybridized carbons (Fsp3) is 0.364. The molecule has 0 radical (unpaired) electrons. The van der Waals surface area contributed by atoms with Crippen LogP contribution in [-0.4, -0.2) is 67.1 Å². The number of halogens is 1. The second-order valence-electron chi connectivity index (χ2n) is 8.02. The summed E-state index contributed by atoms with van der Waals surface area (Å²) in [6.45, 7) is 1.52. The number of ether oxygens (including phenoxy) is 3. The van der Waals surface area contributed by atoms with Gasteiger partial charge in [-0.3, -0.25) is 14.2 Å². The van der Waals surface area contributed by atoms with Crippen molar-refractivity contribution in [3.05, 3.63) is 52.1 Å². The zero-order valence-corrected chi connectivity index (χ0v) is 19.2. The van der Waals surface area contributed by atoms with E-state index in [1.165, 1.54) is 22.9 Å². The van der Waals surface area contributed by atoms with Crippen LogP contribution >= 0.6 is 0 Å². The molecule has 0 spiro atoms. The maximum Gasteiger partial charge on any atom is 0.336 e. The zero-order chi connectivity index (χ0) is 26.1. The lowest BCUT2D eigenvalue weighted by Gasteiger charge is -2.19. The molecule has 4 rings (SSSR count). The van der Waals surface area contributed by atoms with Gasteiger partial charge in [0.2, 0.25) is 5.95 Å². The van der Waals surface area contributed by atoms with E-state index in [1.807, 2.05) is 0 Å². The van der Waals surface area contributed by atoms with Crippen molar-refractivity contribution in [2.45, 2.75) is 45.0 Å². The molecule has 3 aromatic rings. The Kier molecular flexibility index (Phi) is 6.70. The molecule has 14 heteroatoms. The predicted octanol–water partition coefficient (Wildman–Crippen LogP) is 0.652. The third-order valence-corrected chi connectivity index (χ3v) is 5.57. The van der Waals surface area contributed by atoms with Crippen molar-refractivity contribution in [1.29, 1.82) is 0 Å². The van der Waals surface area contributed by atoms with Gasteiger partial charge < -0.3 is 25.1 Å². The van der Waals surface area contributed by atoms with Crippen LogP contribution in [0, 0.1) is 0 Å². The molecular formula is C22H22FN5O8. The van der Waals surface area contributed by atoms with Crippen molar-refractivity contribution in [3.8, 4) is 0 Å². The highest BCUT2D eigenvalue weighted by Gasteiger charge is 2.50. The number of carboxylic acids is 1. The molecule has 3 heterocycles. The normalized spacial score (nSPS) is 21.4. The van der Waals surface area contributed by atoms with Gasteiger partial charge in [-0.15, -0.1) is 0 Å². The average Bonchev–Trinajstić information content (AvgIpc) is 3.25. The Morgan fingerprint density at radius 3 is 2.61 bits per heavy atom. The lowest BCUT2D eigenvalue weighted by molar-refractivity contribution is -0.154. The number of aromatic nitrogens is 4. The first kappa shape index (κ1) is 24.8. The van der Waals surface area contributed by atoms with Crippen LogP contribution < -0.4 is 11.4 Å². The number of rotatable bonds is 7. The fourth-order valence-electron chi connectivity index (χ4n) is 4.04. The fourth-order valence-corrected chi connectivity index (χ4v) is 4.04. The number of carbonyl (C=O) groups is 3. The summed E-state index contributed by atoms with van der Waals surface area (Å²) >= 11 is 0. The number of anilines is 1. The zero-order valence-electron chi connectivity index (χ0n) is 19.2. The summed E-state index contributed by atoms with van der Waals surface area (Å²) in [7, 11) is 0. The standard InChI is InChI=1S/C22H22FN5O8/c1-10(29)34-9-15-16(23)17(35-11(2)30)19(36-15)28-18-14(7-25-21(24)26-18)27(22(28)33)8-12-5-3-4-6-13(12)20(31)32/h3-7,15-17,19H,8-9H2,1-2H3,(H,31,32)(H2,24,25,26)/t15-,16-,17-,19-/m1/s1. The van der Waals surface area contributed by atoms with E-state index >= 15 is 4.39 Å². The summed E-state index contributed by atoms with van der Waals surface area (Å²) in [6.07, 6.45) is -5.11. The maximum atomic E-state index is 15.3. The molecule has 0 amide bonds. The van der Waals surface area contributed by atoms with Crippen molar-refractivity contribution in [1.82, 2.24) is 19.1 Å². The van der Waals surface area contributed by atoms with Gasteiger partial charge in [0, 0.05) is 13.8 Å². The first-order valence-corrected chi connectivity index (χ1v) is 10.7. The summed E-state index contributed by atoms with van der Waals surface area (Å²) in [6, 6.07) is 6.09. The van der Waals surface area contributed by atoms with Gasteiger partial charge in [0.05, 0.1) is 18.3 Å². The maximum absolute atomic E-state index is 15.3. The Bertz CT molecular complexity index is 1400. The molecular weight excluding hydrogens is 481 g/mol. The molecule has 3 N–H and O–H groups in total. The molecule has 0 unspecified atom stereocenters.